The molecule has 1 saturated carbocycles. The third kappa shape index (κ3) is 2.67. The number of anilines is 1. The Kier molecular flexibility index (Phi) is 3.68. The largest absolute Gasteiger partial charge is 0.397 e. The summed E-state index contributed by atoms with van der Waals surface area (Å²) in [6, 6.07) is 3.85. The van der Waals surface area contributed by atoms with Gasteiger partial charge in [0.2, 0.25) is 0 Å². The second-order valence-electron chi connectivity index (χ2n) is 4.19. The molecule has 4 heteroatoms. The maximum absolute atomic E-state index is 8.98. The zero-order valence-electron chi connectivity index (χ0n) is 9.15. The number of nitrogen functional groups attached to an aromatic ring is 1. The van der Waals surface area contributed by atoms with Crippen molar-refractivity contribution < 1.29 is 0 Å². The fourth-order valence-electron chi connectivity index (χ4n) is 2.04. The molecule has 0 atom stereocenters. The zero-order chi connectivity index (χ0) is 11.4. The highest BCUT2D eigenvalue weighted by Crippen LogP contribution is 2.31. The van der Waals surface area contributed by atoms with Gasteiger partial charge in [0.05, 0.1) is 17.4 Å². The van der Waals surface area contributed by atoms with Gasteiger partial charge in [-0.2, -0.15) is 5.26 Å². The van der Waals surface area contributed by atoms with Crippen LogP contribution >= 0.6 is 11.8 Å². The standard InChI is InChI=1S/C12H15N3S/c13-6-10-5-11(14)7-15-12(10)16-8-9-3-1-2-4-9/h5,7,9H,1-4,8,14H2. The van der Waals surface area contributed by atoms with Crippen LogP contribution in [0.15, 0.2) is 17.3 Å². The number of nitriles is 1. The van der Waals surface area contributed by atoms with Crippen molar-refractivity contribution in [3.8, 4) is 6.07 Å². The van der Waals surface area contributed by atoms with Gasteiger partial charge in [-0.1, -0.05) is 12.8 Å². The molecule has 0 saturated heterocycles. The molecule has 0 unspecified atom stereocenters. The van der Waals surface area contributed by atoms with Crippen LogP contribution < -0.4 is 5.73 Å². The van der Waals surface area contributed by atoms with Crippen LogP contribution in [0.3, 0.4) is 0 Å². The Hall–Kier alpha value is -1.21. The maximum atomic E-state index is 8.98. The minimum Gasteiger partial charge on any atom is -0.397 e. The van der Waals surface area contributed by atoms with Gasteiger partial charge < -0.3 is 5.73 Å². The lowest BCUT2D eigenvalue weighted by Gasteiger charge is -2.08. The van der Waals surface area contributed by atoms with E-state index in [0.29, 0.717) is 11.3 Å². The highest BCUT2D eigenvalue weighted by atomic mass is 32.2. The van der Waals surface area contributed by atoms with Crippen LogP contribution in [0.5, 0.6) is 0 Å². The summed E-state index contributed by atoms with van der Waals surface area (Å²) >= 11 is 1.69. The average molecular weight is 233 g/mol. The van der Waals surface area contributed by atoms with Crippen molar-refractivity contribution >= 4 is 17.4 Å². The summed E-state index contributed by atoms with van der Waals surface area (Å²) in [6.07, 6.45) is 6.97. The Morgan fingerprint density at radius 1 is 1.50 bits per heavy atom. The summed E-state index contributed by atoms with van der Waals surface area (Å²) < 4.78 is 0. The molecule has 3 nitrogen and oxygen atoms in total. The molecule has 0 amide bonds. The van der Waals surface area contributed by atoms with Crippen molar-refractivity contribution in [3.05, 3.63) is 17.8 Å². The molecule has 0 aliphatic heterocycles. The summed E-state index contributed by atoms with van der Waals surface area (Å²) in [5.41, 5.74) is 6.76. The number of aromatic nitrogens is 1. The molecule has 1 aliphatic rings. The van der Waals surface area contributed by atoms with Gasteiger partial charge in [-0.05, 0) is 24.8 Å². The van der Waals surface area contributed by atoms with Crippen LogP contribution in [-0.2, 0) is 0 Å². The number of hydrogen-bond acceptors (Lipinski definition) is 4. The minimum absolute atomic E-state index is 0.557. The van der Waals surface area contributed by atoms with Crippen molar-refractivity contribution in [1.29, 1.82) is 5.26 Å². The van der Waals surface area contributed by atoms with E-state index >= 15 is 0 Å². The number of rotatable bonds is 3. The van der Waals surface area contributed by atoms with Gasteiger partial charge in [0.15, 0.2) is 0 Å². The first kappa shape index (κ1) is 11.3. The predicted octanol–water partition coefficient (Wildman–Crippen LogP) is 2.82. The maximum Gasteiger partial charge on any atom is 0.114 e. The molecule has 2 N–H and O–H groups in total. The number of thioether (sulfide) groups is 1. The quantitative estimate of drug-likeness (QED) is 0.815. The van der Waals surface area contributed by atoms with Gasteiger partial charge in [-0.15, -0.1) is 11.8 Å². The van der Waals surface area contributed by atoms with E-state index in [2.05, 4.69) is 11.1 Å². The summed E-state index contributed by atoms with van der Waals surface area (Å²) in [5.74, 6) is 1.88. The van der Waals surface area contributed by atoms with Crippen LogP contribution in [-0.4, -0.2) is 10.7 Å². The van der Waals surface area contributed by atoms with Gasteiger partial charge in [0, 0.05) is 5.75 Å². The summed E-state index contributed by atoms with van der Waals surface area (Å²) in [4.78, 5) is 4.23. The Morgan fingerprint density at radius 2 is 2.25 bits per heavy atom. The second-order valence-corrected chi connectivity index (χ2v) is 5.20. The molecule has 0 aromatic carbocycles. The van der Waals surface area contributed by atoms with Crippen LogP contribution in [0, 0.1) is 17.2 Å². The smallest absolute Gasteiger partial charge is 0.114 e. The first-order chi connectivity index (χ1) is 7.79. The number of nitrogens with zero attached hydrogens (tertiary/aromatic N) is 2. The highest BCUT2D eigenvalue weighted by Gasteiger charge is 2.16. The monoisotopic (exact) mass is 233 g/mol. The van der Waals surface area contributed by atoms with Crippen molar-refractivity contribution in [3.63, 3.8) is 0 Å². The van der Waals surface area contributed by atoms with Crippen molar-refractivity contribution in [2.75, 3.05) is 11.5 Å². The second kappa shape index (κ2) is 5.22. The molecule has 1 aliphatic carbocycles. The number of hydrogen-bond donors (Lipinski definition) is 1. The molecule has 1 heterocycles. The van der Waals surface area contributed by atoms with Crippen LogP contribution in [0.1, 0.15) is 31.2 Å². The zero-order valence-corrected chi connectivity index (χ0v) is 9.96. The molecule has 0 bridgehead atoms. The summed E-state index contributed by atoms with van der Waals surface area (Å²) in [6.45, 7) is 0. The normalized spacial score (nSPS) is 16.2. The minimum atomic E-state index is 0.557. The summed E-state index contributed by atoms with van der Waals surface area (Å²) in [5, 5.41) is 9.80. The van der Waals surface area contributed by atoms with E-state index < -0.39 is 0 Å². The highest BCUT2D eigenvalue weighted by molar-refractivity contribution is 7.99. The molecule has 0 radical (unpaired) electrons. The average Bonchev–Trinajstić information content (AvgIpc) is 2.80. The molecule has 0 spiro atoms. The van der Waals surface area contributed by atoms with Crippen molar-refractivity contribution in [1.82, 2.24) is 4.98 Å². The van der Waals surface area contributed by atoms with Gasteiger partial charge in [-0.3, -0.25) is 0 Å². The third-order valence-electron chi connectivity index (χ3n) is 2.92. The Bertz CT molecular complexity index is 405. The van der Waals surface area contributed by atoms with E-state index in [0.717, 1.165) is 16.7 Å². The first-order valence-corrected chi connectivity index (χ1v) is 6.56. The third-order valence-corrected chi connectivity index (χ3v) is 4.16. The Labute approximate surface area is 100 Å². The van der Waals surface area contributed by atoms with Gasteiger partial charge in [0.1, 0.15) is 11.1 Å². The SMILES string of the molecule is N#Cc1cc(N)cnc1SCC1CCCC1. The van der Waals surface area contributed by atoms with E-state index in [1.807, 2.05) is 0 Å². The Morgan fingerprint density at radius 3 is 2.94 bits per heavy atom. The molecule has 16 heavy (non-hydrogen) atoms. The predicted molar refractivity (Wildman–Crippen MR) is 66.0 cm³/mol. The fourth-order valence-corrected chi connectivity index (χ4v) is 3.15. The van der Waals surface area contributed by atoms with E-state index in [1.54, 1.807) is 24.0 Å². The molecule has 2 rings (SSSR count). The van der Waals surface area contributed by atoms with Crippen LogP contribution in [0.2, 0.25) is 0 Å². The summed E-state index contributed by atoms with van der Waals surface area (Å²) in [7, 11) is 0. The molecular formula is C12H15N3S. The van der Waals surface area contributed by atoms with Crippen molar-refractivity contribution in [2.24, 2.45) is 5.92 Å². The van der Waals surface area contributed by atoms with E-state index in [4.69, 9.17) is 11.0 Å². The number of pyridine rings is 1. The Balaban J connectivity index is 2.00. The number of nitrogens with two attached hydrogens (primary N) is 1. The van der Waals surface area contributed by atoms with E-state index in [-0.39, 0.29) is 0 Å². The van der Waals surface area contributed by atoms with Gasteiger partial charge in [0.25, 0.3) is 0 Å². The lowest BCUT2D eigenvalue weighted by atomic mass is 10.1. The first-order valence-electron chi connectivity index (χ1n) is 5.58. The molecule has 1 fully saturated rings. The topological polar surface area (TPSA) is 62.7 Å². The van der Waals surface area contributed by atoms with Crippen LogP contribution in [0.25, 0.3) is 0 Å². The molecular weight excluding hydrogens is 218 g/mol. The molecule has 84 valence electrons. The van der Waals surface area contributed by atoms with Gasteiger partial charge >= 0.3 is 0 Å². The van der Waals surface area contributed by atoms with Gasteiger partial charge in [-0.25, -0.2) is 4.98 Å². The molecule has 1 aromatic heterocycles. The molecule has 1 aromatic rings. The van der Waals surface area contributed by atoms with E-state index in [9.17, 15) is 0 Å². The lowest BCUT2D eigenvalue weighted by molar-refractivity contribution is 0.623. The fraction of sp³-hybridized carbons (Fsp3) is 0.500. The lowest BCUT2D eigenvalue weighted by Crippen LogP contribution is -1.98. The van der Waals surface area contributed by atoms with Crippen molar-refractivity contribution in [2.45, 2.75) is 30.7 Å². The van der Waals surface area contributed by atoms with Crippen LogP contribution in [0.4, 0.5) is 5.69 Å². The van der Waals surface area contributed by atoms with E-state index in [1.165, 1.54) is 25.7 Å².